The molecular weight excluding hydrogens is 356 g/mol. The van der Waals surface area contributed by atoms with Gasteiger partial charge in [-0.15, -0.1) is 0 Å². The summed E-state index contributed by atoms with van der Waals surface area (Å²) in [6.45, 7) is 10.9. The molecule has 0 spiro atoms. The molecule has 2 unspecified atom stereocenters. The van der Waals surface area contributed by atoms with Crippen molar-refractivity contribution in [3.05, 3.63) is 70.3 Å². The molecule has 0 fully saturated rings. The molecule has 0 aliphatic heterocycles. The SMILES string of the molecule is CCC(C)CNCC(OCCCc1ccc(F)cc1F)c1c(C)cccc1C. The molecule has 2 rings (SSSR count). The minimum absolute atomic E-state index is 0.0386. The van der Waals surface area contributed by atoms with Crippen molar-refractivity contribution < 1.29 is 13.5 Å². The highest BCUT2D eigenvalue weighted by Crippen LogP contribution is 2.25. The third-order valence-electron chi connectivity index (χ3n) is 5.31. The fourth-order valence-corrected chi connectivity index (χ4v) is 3.40. The topological polar surface area (TPSA) is 21.3 Å². The highest BCUT2D eigenvalue weighted by molar-refractivity contribution is 5.35. The average molecular weight is 390 g/mol. The minimum Gasteiger partial charge on any atom is -0.372 e. The molecule has 0 heterocycles. The van der Waals surface area contributed by atoms with E-state index < -0.39 is 11.6 Å². The summed E-state index contributed by atoms with van der Waals surface area (Å²) in [5.74, 6) is -0.401. The first kappa shape index (κ1) is 22.5. The van der Waals surface area contributed by atoms with E-state index in [2.05, 4.69) is 51.2 Å². The highest BCUT2D eigenvalue weighted by Gasteiger charge is 2.17. The van der Waals surface area contributed by atoms with E-state index in [4.69, 9.17) is 4.74 Å². The Labute approximate surface area is 168 Å². The van der Waals surface area contributed by atoms with E-state index in [0.29, 0.717) is 30.9 Å². The molecule has 2 nitrogen and oxygen atoms in total. The Bertz CT molecular complexity index is 727. The van der Waals surface area contributed by atoms with Gasteiger partial charge < -0.3 is 10.1 Å². The normalized spacial score (nSPS) is 13.5. The van der Waals surface area contributed by atoms with Gasteiger partial charge in [0.05, 0.1) is 6.10 Å². The van der Waals surface area contributed by atoms with Crippen LogP contribution in [-0.2, 0) is 11.2 Å². The fourth-order valence-electron chi connectivity index (χ4n) is 3.40. The number of halogens is 2. The van der Waals surface area contributed by atoms with Gasteiger partial charge in [-0.3, -0.25) is 0 Å². The van der Waals surface area contributed by atoms with Gasteiger partial charge in [-0.1, -0.05) is 44.5 Å². The summed E-state index contributed by atoms with van der Waals surface area (Å²) >= 11 is 0. The molecule has 0 radical (unpaired) electrons. The van der Waals surface area contributed by atoms with Gasteiger partial charge in [-0.2, -0.15) is 0 Å². The molecule has 2 atom stereocenters. The van der Waals surface area contributed by atoms with Gasteiger partial charge in [0.15, 0.2) is 0 Å². The van der Waals surface area contributed by atoms with Gasteiger partial charge in [-0.25, -0.2) is 8.78 Å². The summed E-state index contributed by atoms with van der Waals surface area (Å²) in [5.41, 5.74) is 4.20. The van der Waals surface area contributed by atoms with Crippen molar-refractivity contribution in [2.24, 2.45) is 5.92 Å². The largest absolute Gasteiger partial charge is 0.372 e. The van der Waals surface area contributed by atoms with Crippen molar-refractivity contribution in [1.29, 1.82) is 0 Å². The molecule has 0 aliphatic carbocycles. The van der Waals surface area contributed by atoms with Gasteiger partial charge in [-0.05, 0) is 67.5 Å². The second-order valence-electron chi connectivity index (χ2n) is 7.68. The molecule has 0 aliphatic rings. The lowest BCUT2D eigenvalue weighted by molar-refractivity contribution is 0.0497. The quantitative estimate of drug-likeness (QED) is 0.483. The lowest BCUT2D eigenvalue weighted by Gasteiger charge is -2.23. The highest BCUT2D eigenvalue weighted by atomic mass is 19.1. The Kier molecular flexibility index (Phi) is 9.07. The molecule has 0 aromatic heterocycles. The minimum atomic E-state index is -0.542. The van der Waals surface area contributed by atoms with Crippen LogP contribution in [0.3, 0.4) is 0 Å². The van der Waals surface area contributed by atoms with E-state index >= 15 is 0 Å². The maximum absolute atomic E-state index is 13.8. The van der Waals surface area contributed by atoms with Gasteiger partial charge in [0, 0.05) is 19.2 Å². The zero-order valence-corrected chi connectivity index (χ0v) is 17.5. The van der Waals surface area contributed by atoms with Crippen LogP contribution >= 0.6 is 0 Å². The van der Waals surface area contributed by atoms with Crippen molar-refractivity contribution in [2.75, 3.05) is 19.7 Å². The van der Waals surface area contributed by atoms with Crippen molar-refractivity contribution in [2.45, 2.75) is 53.1 Å². The van der Waals surface area contributed by atoms with E-state index in [1.807, 2.05) is 0 Å². The maximum Gasteiger partial charge on any atom is 0.129 e. The summed E-state index contributed by atoms with van der Waals surface area (Å²) in [4.78, 5) is 0. The van der Waals surface area contributed by atoms with Crippen LogP contribution in [0.4, 0.5) is 8.78 Å². The van der Waals surface area contributed by atoms with Crippen molar-refractivity contribution in [1.82, 2.24) is 5.32 Å². The summed E-state index contributed by atoms with van der Waals surface area (Å²) in [7, 11) is 0. The van der Waals surface area contributed by atoms with Gasteiger partial charge in [0.2, 0.25) is 0 Å². The third kappa shape index (κ3) is 6.68. The summed E-state index contributed by atoms with van der Waals surface area (Å²) in [6, 6.07) is 10.0. The lowest BCUT2D eigenvalue weighted by atomic mass is 9.97. The van der Waals surface area contributed by atoms with Crippen LogP contribution in [-0.4, -0.2) is 19.7 Å². The average Bonchev–Trinajstić information content (AvgIpc) is 2.65. The molecule has 2 aromatic carbocycles. The monoisotopic (exact) mass is 389 g/mol. The zero-order valence-electron chi connectivity index (χ0n) is 17.5. The molecule has 0 amide bonds. The predicted molar refractivity (Wildman–Crippen MR) is 112 cm³/mol. The third-order valence-corrected chi connectivity index (χ3v) is 5.31. The van der Waals surface area contributed by atoms with E-state index in [1.165, 1.54) is 28.8 Å². The molecular formula is C24H33F2NO. The van der Waals surface area contributed by atoms with Crippen LogP contribution in [0.5, 0.6) is 0 Å². The molecule has 2 aromatic rings. The Hall–Kier alpha value is -1.78. The molecule has 28 heavy (non-hydrogen) atoms. The lowest BCUT2D eigenvalue weighted by Crippen LogP contribution is -2.28. The standard InChI is InChI=1S/C24H33F2NO/c1-5-17(2)15-27-16-23(24-18(3)8-6-9-19(24)4)28-13-7-10-20-11-12-21(25)14-22(20)26/h6,8-9,11-12,14,17,23,27H,5,7,10,13,15-16H2,1-4H3. The van der Waals surface area contributed by atoms with Crippen LogP contribution < -0.4 is 5.32 Å². The number of hydrogen-bond acceptors (Lipinski definition) is 2. The summed E-state index contributed by atoms with van der Waals surface area (Å²) < 4.78 is 33.1. The molecule has 0 saturated carbocycles. The molecule has 0 bridgehead atoms. The number of nitrogens with one attached hydrogen (secondary N) is 1. The van der Waals surface area contributed by atoms with Crippen LogP contribution in [0.1, 0.15) is 55.0 Å². The van der Waals surface area contributed by atoms with Crippen LogP contribution in [0.2, 0.25) is 0 Å². The first-order valence-corrected chi connectivity index (χ1v) is 10.2. The number of hydrogen-bond donors (Lipinski definition) is 1. The van der Waals surface area contributed by atoms with Gasteiger partial charge >= 0.3 is 0 Å². The number of aryl methyl sites for hydroxylation is 3. The Morgan fingerprint density at radius 1 is 1.04 bits per heavy atom. The summed E-state index contributed by atoms with van der Waals surface area (Å²) in [5, 5.41) is 3.54. The smallest absolute Gasteiger partial charge is 0.129 e. The van der Waals surface area contributed by atoms with E-state index in [9.17, 15) is 8.78 Å². The number of rotatable bonds is 11. The molecule has 0 saturated heterocycles. The van der Waals surface area contributed by atoms with Crippen molar-refractivity contribution in [3.63, 3.8) is 0 Å². The Morgan fingerprint density at radius 2 is 1.75 bits per heavy atom. The first-order chi connectivity index (χ1) is 13.4. The second-order valence-corrected chi connectivity index (χ2v) is 7.68. The van der Waals surface area contributed by atoms with Crippen LogP contribution in [0, 0.1) is 31.4 Å². The molecule has 1 N–H and O–H groups in total. The van der Waals surface area contributed by atoms with Crippen molar-refractivity contribution >= 4 is 0 Å². The maximum atomic E-state index is 13.8. The van der Waals surface area contributed by atoms with E-state index in [0.717, 1.165) is 25.6 Å². The van der Waals surface area contributed by atoms with E-state index in [1.54, 1.807) is 0 Å². The first-order valence-electron chi connectivity index (χ1n) is 10.2. The Balaban J connectivity index is 1.97. The van der Waals surface area contributed by atoms with Crippen LogP contribution in [0.25, 0.3) is 0 Å². The second kappa shape index (κ2) is 11.3. The van der Waals surface area contributed by atoms with E-state index in [-0.39, 0.29) is 6.10 Å². The predicted octanol–water partition coefficient (Wildman–Crippen LogP) is 5.91. The summed E-state index contributed by atoms with van der Waals surface area (Å²) in [6.07, 6.45) is 2.33. The van der Waals surface area contributed by atoms with Crippen LogP contribution in [0.15, 0.2) is 36.4 Å². The number of ether oxygens (including phenoxy) is 1. The van der Waals surface area contributed by atoms with Crippen molar-refractivity contribution in [3.8, 4) is 0 Å². The number of benzene rings is 2. The van der Waals surface area contributed by atoms with Gasteiger partial charge in [0.25, 0.3) is 0 Å². The Morgan fingerprint density at radius 3 is 2.39 bits per heavy atom. The molecule has 4 heteroatoms. The molecule has 154 valence electrons. The zero-order chi connectivity index (χ0) is 20.5. The fraction of sp³-hybridized carbons (Fsp3) is 0.500. The van der Waals surface area contributed by atoms with Gasteiger partial charge in [0.1, 0.15) is 11.6 Å².